The lowest BCUT2D eigenvalue weighted by Gasteiger charge is -2.62. The van der Waals surface area contributed by atoms with Crippen molar-refractivity contribution < 1.29 is 14.6 Å². The van der Waals surface area contributed by atoms with E-state index in [2.05, 4.69) is 20.8 Å². The van der Waals surface area contributed by atoms with Gasteiger partial charge in [0, 0.05) is 24.5 Å². The molecular weight excluding hydrogens is 288 g/mol. The predicted molar refractivity (Wildman–Crippen MR) is 90.2 cm³/mol. The maximum absolute atomic E-state index is 11.9. The number of aliphatic hydroxyl groups is 1. The first kappa shape index (κ1) is 16.4. The van der Waals surface area contributed by atoms with E-state index >= 15 is 0 Å². The molecule has 4 fully saturated rings. The van der Waals surface area contributed by atoms with Gasteiger partial charge in [0.2, 0.25) is 0 Å². The molecule has 0 aromatic carbocycles. The lowest BCUT2D eigenvalue weighted by atomic mass is 9.44. The highest BCUT2D eigenvalue weighted by atomic mass is 16.5. The number of ether oxygens (including phenoxy) is 2. The van der Waals surface area contributed by atoms with E-state index in [4.69, 9.17) is 9.47 Å². The molecule has 0 bridgehead atoms. The van der Waals surface area contributed by atoms with Crippen LogP contribution in [0.25, 0.3) is 0 Å². The summed E-state index contributed by atoms with van der Waals surface area (Å²) in [5.74, 6) is 1.52. The molecule has 0 spiro atoms. The van der Waals surface area contributed by atoms with Crippen LogP contribution < -0.4 is 0 Å². The van der Waals surface area contributed by atoms with Crippen molar-refractivity contribution in [2.24, 2.45) is 28.6 Å². The van der Waals surface area contributed by atoms with E-state index < -0.39 is 5.60 Å². The SMILES string of the molecule is C[C@H]1C[C@H]2OC[C@@]3(C)CCC[C@](C)([C@@H]23)[C@]1(O)CC[C@H]1CCOC1. The molecule has 2 aliphatic heterocycles. The quantitative estimate of drug-likeness (QED) is 0.859. The minimum absolute atomic E-state index is 0.0122. The molecule has 4 rings (SSSR count). The van der Waals surface area contributed by atoms with Gasteiger partial charge in [-0.05, 0) is 55.8 Å². The van der Waals surface area contributed by atoms with Crippen molar-refractivity contribution in [3.8, 4) is 0 Å². The highest BCUT2D eigenvalue weighted by molar-refractivity contribution is 5.16. The smallest absolute Gasteiger partial charge is 0.0731 e. The van der Waals surface area contributed by atoms with E-state index in [0.717, 1.165) is 45.5 Å². The van der Waals surface area contributed by atoms with Gasteiger partial charge in [-0.2, -0.15) is 0 Å². The molecule has 0 radical (unpaired) electrons. The van der Waals surface area contributed by atoms with Crippen LogP contribution in [0.15, 0.2) is 0 Å². The van der Waals surface area contributed by atoms with Gasteiger partial charge in [-0.1, -0.05) is 27.2 Å². The van der Waals surface area contributed by atoms with Gasteiger partial charge in [-0.15, -0.1) is 0 Å². The van der Waals surface area contributed by atoms with E-state index in [1.807, 2.05) is 0 Å². The Morgan fingerprint density at radius 3 is 2.78 bits per heavy atom. The van der Waals surface area contributed by atoms with Crippen LogP contribution in [0.5, 0.6) is 0 Å². The number of hydrogen-bond donors (Lipinski definition) is 1. The summed E-state index contributed by atoms with van der Waals surface area (Å²) in [4.78, 5) is 0. The second-order valence-corrected chi connectivity index (χ2v) is 9.58. The van der Waals surface area contributed by atoms with Gasteiger partial charge in [-0.3, -0.25) is 0 Å². The van der Waals surface area contributed by atoms with Crippen LogP contribution in [0, 0.1) is 28.6 Å². The molecular formula is C20H34O3. The molecule has 2 heterocycles. The summed E-state index contributed by atoms with van der Waals surface area (Å²) in [5, 5.41) is 11.9. The van der Waals surface area contributed by atoms with Crippen LogP contribution in [0.4, 0.5) is 0 Å². The normalized spacial score (nSPS) is 55.8. The minimum Gasteiger partial charge on any atom is -0.389 e. The second-order valence-electron chi connectivity index (χ2n) is 9.58. The first-order valence-corrected chi connectivity index (χ1v) is 9.81. The Hall–Kier alpha value is -0.120. The van der Waals surface area contributed by atoms with Crippen LogP contribution in [0.2, 0.25) is 0 Å². The lowest BCUT2D eigenvalue weighted by molar-refractivity contribution is -0.219. The summed E-state index contributed by atoms with van der Waals surface area (Å²) in [5.41, 5.74) is -0.243. The van der Waals surface area contributed by atoms with Crippen molar-refractivity contribution in [1.82, 2.24) is 0 Å². The van der Waals surface area contributed by atoms with E-state index in [1.165, 1.54) is 19.3 Å². The average Bonchev–Trinajstić information content (AvgIpc) is 3.12. The molecule has 2 aliphatic carbocycles. The first-order valence-electron chi connectivity index (χ1n) is 9.81. The number of hydrogen-bond acceptors (Lipinski definition) is 3. The third-order valence-electron chi connectivity index (χ3n) is 8.23. The van der Waals surface area contributed by atoms with E-state index in [0.29, 0.717) is 23.9 Å². The molecule has 4 aliphatic rings. The monoisotopic (exact) mass is 322 g/mol. The topological polar surface area (TPSA) is 38.7 Å². The van der Waals surface area contributed by atoms with Crippen LogP contribution in [0.1, 0.15) is 65.7 Å². The first-order chi connectivity index (χ1) is 10.9. The summed E-state index contributed by atoms with van der Waals surface area (Å²) >= 11 is 0. The fourth-order valence-corrected chi connectivity index (χ4v) is 6.92. The van der Waals surface area contributed by atoms with E-state index in [9.17, 15) is 5.11 Å². The van der Waals surface area contributed by atoms with Gasteiger partial charge < -0.3 is 14.6 Å². The Labute approximate surface area is 141 Å². The summed E-state index contributed by atoms with van der Waals surface area (Å²) in [7, 11) is 0. The van der Waals surface area contributed by atoms with Crippen LogP contribution in [0.3, 0.4) is 0 Å². The Kier molecular flexibility index (Phi) is 3.87. The third-order valence-corrected chi connectivity index (χ3v) is 8.23. The zero-order valence-corrected chi connectivity index (χ0v) is 15.1. The largest absolute Gasteiger partial charge is 0.389 e. The maximum atomic E-state index is 11.9. The van der Waals surface area contributed by atoms with Crippen molar-refractivity contribution >= 4 is 0 Å². The van der Waals surface area contributed by atoms with Crippen LogP contribution >= 0.6 is 0 Å². The highest BCUT2D eigenvalue weighted by Gasteiger charge is 2.67. The Morgan fingerprint density at radius 2 is 2.04 bits per heavy atom. The predicted octanol–water partition coefficient (Wildman–Crippen LogP) is 3.79. The Balaban J connectivity index is 1.62. The van der Waals surface area contributed by atoms with Crippen LogP contribution in [-0.2, 0) is 9.47 Å². The molecule has 23 heavy (non-hydrogen) atoms. The van der Waals surface area contributed by atoms with Gasteiger partial charge >= 0.3 is 0 Å². The van der Waals surface area contributed by atoms with Crippen LogP contribution in [-0.4, -0.2) is 36.6 Å². The molecule has 0 aromatic heterocycles. The average molecular weight is 322 g/mol. The lowest BCUT2D eigenvalue weighted by Crippen LogP contribution is -2.64. The van der Waals surface area contributed by atoms with Gasteiger partial charge in [0.25, 0.3) is 0 Å². The fourth-order valence-electron chi connectivity index (χ4n) is 6.92. The highest BCUT2D eigenvalue weighted by Crippen LogP contribution is 2.66. The Morgan fingerprint density at radius 1 is 1.22 bits per heavy atom. The molecule has 0 unspecified atom stereocenters. The van der Waals surface area contributed by atoms with Crippen molar-refractivity contribution in [3.05, 3.63) is 0 Å². The molecule has 2 saturated carbocycles. The molecule has 2 saturated heterocycles. The molecule has 0 amide bonds. The summed E-state index contributed by atoms with van der Waals surface area (Å²) in [6, 6.07) is 0. The van der Waals surface area contributed by atoms with Gasteiger partial charge in [-0.25, -0.2) is 0 Å². The maximum Gasteiger partial charge on any atom is 0.0731 e. The molecule has 1 N–H and O–H groups in total. The van der Waals surface area contributed by atoms with Gasteiger partial charge in [0.1, 0.15) is 0 Å². The standard InChI is InChI=1S/C20H34O3/c1-14-11-16-17-18(2,13-23-16)7-4-8-19(17,3)20(14,21)9-5-15-6-10-22-12-15/h14-17,21H,4-13H2,1-3H3/t14-,15-,16+,17-,18+,19+,20-/m0/s1. The zero-order valence-electron chi connectivity index (χ0n) is 15.1. The molecule has 3 heteroatoms. The fraction of sp³-hybridized carbons (Fsp3) is 1.00. The van der Waals surface area contributed by atoms with Crippen molar-refractivity contribution in [1.29, 1.82) is 0 Å². The molecule has 132 valence electrons. The summed E-state index contributed by atoms with van der Waals surface area (Å²) in [6.07, 6.45) is 8.31. The third kappa shape index (κ3) is 2.26. The van der Waals surface area contributed by atoms with Crippen molar-refractivity contribution in [2.75, 3.05) is 19.8 Å². The number of rotatable bonds is 3. The molecule has 7 atom stereocenters. The van der Waals surface area contributed by atoms with E-state index in [-0.39, 0.29) is 10.8 Å². The molecule has 0 aromatic rings. The van der Waals surface area contributed by atoms with Crippen molar-refractivity contribution in [3.63, 3.8) is 0 Å². The zero-order chi connectivity index (χ0) is 16.3. The molecule has 3 nitrogen and oxygen atoms in total. The summed E-state index contributed by atoms with van der Waals surface area (Å²) in [6.45, 7) is 9.77. The van der Waals surface area contributed by atoms with E-state index in [1.54, 1.807) is 0 Å². The van der Waals surface area contributed by atoms with Gasteiger partial charge in [0.15, 0.2) is 0 Å². The minimum atomic E-state index is -0.536. The Bertz CT molecular complexity index is 460. The second kappa shape index (κ2) is 5.44. The van der Waals surface area contributed by atoms with Crippen molar-refractivity contribution in [2.45, 2.75) is 77.4 Å². The summed E-state index contributed by atoms with van der Waals surface area (Å²) < 4.78 is 11.8. The van der Waals surface area contributed by atoms with Gasteiger partial charge in [0.05, 0.1) is 18.3 Å².